The molecule has 1 amide bonds. The number of amides is 1. The van der Waals surface area contributed by atoms with E-state index in [9.17, 15) is 19.8 Å². The van der Waals surface area contributed by atoms with Gasteiger partial charge in [-0.1, -0.05) is 205 Å². The van der Waals surface area contributed by atoms with Crippen LogP contribution in [0.25, 0.3) is 0 Å². The van der Waals surface area contributed by atoms with E-state index in [1.165, 1.54) is 116 Å². The maximum Gasteiger partial charge on any atom is 0.306 e. The molecular formula is C47H87NO5. The van der Waals surface area contributed by atoms with Gasteiger partial charge in [0.15, 0.2) is 0 Å². The van der Waals surface area contributed by atoms with Crippen LogP contribution in [0.2, 0.25) is 0 Å². The molecule has 310 valence electrons. The van der Waals surface area contributed by atoms with E-state index in [1.54, 1.807) is 0 Å². The summed E-state index contributed by atoms with van der Waals surface area (Å²) in [6, 6.07) is -0.698. The predicted molar refractivity (Wildman–Crippen MR) is 227 cm³/mol. The summed E-state index contributed by atoms with van der Waals surface area (Å²) < 4.78 is 5.88. The quantitative estimate of drug-likeness (QED) is 0.0330. The SMILES string of the molecule is CC/C=C/C=C/C=C/CCCCCCCCCC(=O)OC(CCCCCCCCCC)CC(=O)NC(CO)C(O)CCCCCCCCCCCCC. The first-order chi connectivity index (χ1) is 26.0. The Morgan fingerprint density at radius 2 is 1.02 bits per heavy atom. The Bertz CT molecular complexity index is 884. The topological polar surface area (TPSA) is 95.9 Å². The van der Waals surface area contributed by atoms with Gasteiger partial charge in [-0.2, -0.15) is 0 Å². The fourth-order valence-corrected chi connectivity index (χ4v) is 6.84. The van der Waals surface area contributed by atoms with E-state index in [2.05, 4.69) is 62.5 Å². The number of allylic oxidation sites excluding steroid dienone is 6. The minimum atomic E-state index is -0.784. The number of ether oxygens (including phenoxy) is 1. The highest BCUT2D eigenvalue weighted by atomic mass is 16.5. The van der Waals surface area contributed by atoms with Crippen LogP contribution in [0.3, 0.4) is 0 Å². The minimum absolute atomic E-state index is 0.0747. The van der Waals surface area contributed by atoms with Crippen molar-refractivity contribution in [2.24, 2.45) is 0 Å². The Labute approximate surface area is 328 Å². The molecule has 6 heteroatoms. The molecule has 0 aliphatic heterocycles. The van der Waals surface area contributed by atoms with E-state index in [4.69, 9.17) is 4.74 Å². The van der Waals surface area contributed by atoms with Gasteiger partial charge in [-0.15, -0.1) is 0 Å². The van der Waals surface area contributed by atoms with Crippen LogP contribution in [0.4, 0.5) is 0 Å². The molecule has 0 bridgehead atoms. The molecule has 6 nitrogen and oxygen atoms in total. The number of nitrogens with one attached hydrogen (secondary N) is 1. The number of esters is 1. The highest BCUT2D eigenvalue weighted by Crippen LogP contribution is 2.17. The van der Waals surface area contributed by atoms with Crippen LogP contribution in [0, 0.1) is 0 Å². The van der Waals surface area contributed by atoms with Crippen LogP contribution >= 0.6 is 0 Å². The smallest absolute Gasteiger partial charge is 0.306 e. The summed E-state index contributed by atoms with van der Waals surface area (Å²) in [7, 11) is 0. The fourth-order valence-electron chi connectivity index (χ4n) is 6.84. The lowest BCUT2D eigenvalue weighted by molar-refractivity contribution is -0.151. The van der Waals surface area contributed by atoms with Gasteiger partial charge >= 0.3 is 5.97 Å². The van der Waals surface area contributed by atoms with Crippen molar-refractivity contribution < 1.29 is 24.5 Å². The van der Waals surface area contributed by atoms with Gasteiger partial charge in [0.25, 0.3) is 0 Å². The summed E-state index contributed by atoms with van der Waals surface area (Å²) in [6.07, 6.45) is 46.3. The average Bonchev–Trinajstić information content (AvgIpc) is 3.15. The van der Waals surface area contributed by atoms with E-state index in [-0.39, 0.29) is 24.9 Å². The van der Waals surface area contributed by atoms with Crippen molar-refractivity contribution >= 4 is 11.9 Å². The minimum Gasteiger partial charge on any atom is -0.462 e. The van der Waals surface area contributed by atoms with Gasteiger partial charge in [0.05, 0.1) is 25.2 Å². The van der Waals surface area contributed by atoms with E-state index in [0.29, 0.717) is 19.3 Å². The van der Waals surface area contributed by atoms with Gasteiger partial charge in [0.2, 0.25) is 5.91 Å². The Morgan fingerprint density at radius 1 is 0.566 bits per heavy atom. The molecule has 3 unspecified atom stereocenters. The monoisotopic (exact) mass is 746 g/mol. The maximum atomic E-state index is 13.1. The molecule has 3 N–H and O–H groups in total. The summed E-state index contributed by atoms with van der Waals surface area (Å²) in [4.78, 5) is 25.9. The Balaban J connectivity index is 4.49. The Hall–Kier alpha value is -1.92. The zero-order valence-corrected chi connectivity index (χ0v) is 35.1. The largest absolute Gasteiger partial charge is 0.462 e. The number of unbranched alkanes of at least 4 members (excludes halogenated alkanes) is 24. The first-order valence-electron chi connectivity index (χ1n) is 22.7. The van der Waals surface area contributed by atoms with Crippen molar-refractivity contribution in [1.82, 2.24) is 5.32 Å². The van der Waals surface area contributed by atoms with Crippen LogP contribution in [-0.2, 0) is 14.3 Å². The molecule has 0 aliphatic carbocycles. The second kappa shape index (κ2) is 41.2. The molecule has 0 radical (unpaired) electrons. The summed E-state index contributed by atoms with van der Waals surface area (Å²) in [5, 5.41) is 23.6. The lowest BCUT2D eigenvalue weighted by Gasteiger charge is -2.24. The number of hydrogen-bond donors (Lipinski definition) is 3. The number of hydrogen-bond acceptors (Lipinski definition) is 5. The van der Waals surface area contributed by atoms with Crippen molar-refractivity contribution in [2.45, 2.75) is 244 Å². The molecular weight excluding hydrogens is 659 g/mol. The third-order valence-corrected chi connectivity index (χ3v) is 10.3. The predicted octanol–water partition coefficient (Wildman–Crippen LogP) is 12.9. The highest BCUT2D eigenvalue weighted by molar-refractivity contribution is 5.77. The third kappa shape index (κ3) is 36.8. The first kappa shape index (κ1) is 51.1. The van der Waals surface area contributed by atoms with Crippen molar-refractivity contribution in [3.05, 3.63) is 36.5 Å². The number of aliphatic hydroxyl groups is 2. The summed E-state index contributed by atoms with van der Waals surface area (Å²) >= 11 is 0. The number of carbonyl (C=O) groups excluding carboxylic acids is 2. The van der Waals surface area contributed by atoms with Gasteiger partial charge in [-0.25, -0.2) is 0 Å². The number of carbonyl (C=O) groups is 2. The van der Waals surface area contributed by atoms with Crippen molar-refractivity contribution in [1.29, 1.82) is 0 Å². The molecule has 0 spiro atoms. The van der Waals surface area contributed by atoms with E-state index >= 15 is 0 Å². The third-order valence-electron chi connectivity index (χ3n) is 10.3. The zero-order chi connectivity index (χ0) is 38.9. The summed E-state index contributed by atoms with van der Waals surface area (Å²) in [5.41, 5.74) is 0. The van der Waals surface area contributed by atoms with Crippen molar-refractivity contribution in [3.8, 4) is 0 Å². The molecule has 0 heterocycles. The van der Waals surface area contributed by atoms with Gasteiger partial charge in [-0.05, 0) is 44.9 Å². The molecule has 0 aromatic heterocycles. The summed E-state index contributed by atoms with van der Waals surface area (Å²) in [6.45, 7) is 6.31. The van der Waals surface area contributed by atoms with Gasteiger partial charge in [0.1, 0.15) is 6.10 Å². The maximum absolute atomic E-state index is 13.1. The number of aliphatic hydroxyl groups excluding tert-OH is 2. The van der Waals surface area contributed by atoms with E-state index in [1.807, 2.05) is 0 Å². The molecule has 3 atom stereocenters. The van der Waals surface area contributed by atoms with Gasteiger partial charge in [0, 0.05) is 6.42 Å². The van der Waals surface area contributed by atoms with Crippen molar-refractivity contribution in [2.75, 3.05) is 6.61 Å². The zero-order valence-electron chi connectivity index (χ0n) is 35.1. The molecule has 0 saturated heterocycles. The molecule has 0 aliphatic rings. The second-order valence-corrected chi connectivity index (χ2v) is 15.5. The lowest BCUT2D eigenvalue weighted by atomic mass is 10.0. The van der Waals surface area contributed by atoms with Crippen molar-refractivity contribution in [3.63, 3.8) is 0 Å². The average molecular weight is 746 g/mol. The second-order valence-electron chi connectivity index (χ2n) is 15.5. The highest BCUT2D eigenvalue weighted by Gasteiger charge is 2.24. The van der Waals surface area contributed by atoms with Crippen LogP contribution < -0.4 is 5.32 Å². The normalized spacial score (nSPS) is 13.7. The molecule has 0 rings (SSSR count). The fraction of sp³-hybridized carbons (Fsp3) is 0.830. The Morgan fingerprint density at radius 3 is 1.53 bits per heavy atom. The number of rotatable bonds is 40. The van der Waals surface area contributed by atoms with Crippen LogP contribution in [-0.4, -0.2) is 46.9 Å². The molecule has 53 heavy (non-hydrogen) atoms. The van der Waals surface area contributed by atoms with E-state index < -0.39 is 18.2 Å². The molecule has 0 aromatic carbocycles. The standard InChI is InChI=1S/C47H87NO5/c1-4-7-10-13-16-19-21-22-23-24-26-28-31-34-37-40-47(52)53-43(38-35-32-29-18-15-12-9-6-3)41-46(51)48-44(42-49)45(50)39-36-33-30-27-25-20-17-14-11-8-5-2/h7,10,13,16,19,21,43-45,49-50H,4-6,8-9,11-12,14-15,17-18,20,22-42H2,1-3H3,(H,48,51)/b10-7+,16-13+,21-19+. The van der Waals surface area contributed by atoms with Crippen LogP contribution in [0.15, 0.2) is 36.5 Å². The Kier molecular flexibility index (Phi) is 39.8. The van der Waals surface area contributed by atoms with Crippen LogP contribution in [0.5, 0.6) is 0 Å². The van der Waals surface area contributed by atoms with Gasteiger partial charge < -0.3 is 20.3 Å². The van der Waals surface area contributed by atoms with E-state index in [0.717, 1.165) is 64.2 Å². The molecule has 0 saturated carbocycles. The summed E-state index contributed by atoms with van der Waals surface area (Å²) in [5.74, 6) is -0.487. The molecule has 0 fully saturated rings. The first-order valence-corrected chi connectivity index (χ1v) is 22.7. The van der Waals surface area contributed by atoms with Crippen LogP contribution in [0.1, 0.15) is 226 Å². The lowest BCUT2D eigenvalue weighted by Crippen LogP contribution is -2.46. The van der Waals surface area contributed by atoms with Gasteiger partial charge in [-0.3, -0.25) is 9.59 Å². The molecule has 0 aromatic rings.